The van der Waals surface area contributed by atoms with Crippen LogP contribution in [0.5, 0.6) is 0 Å². The van der Waals surface area contributed by atoms with Crippen LogP contribution in [0, 0.1) is 5.82 Å². The van der Waals surface area contributed by atoms with Gasteiger partial charge >= 0.3 is 0 Å². The van der Waals surface area contributed by atoms with Crippen molar-refractivity contribution in [3.63, 3.8) is 0 Å². The minimum atomic E-state index is -0.377. The molecule has 18 heavy (non-hydrogen) atoms. The summed E-state index contributed by atoms with van der Waals surface area (Å²) in [6.07, 6.45) is 2.27. The summed E-state index contributed by atoms with van der Waals surface area (Å²) in [6, 6.07) is 5.01. The number of nitrogens with zero attached hydrogens (tertiary/aromatic N) is 1. The van der Waals surface area contributed by atoms with E-state index < -0.39 is 0 Å². The minimum absolute atomic E-state index is 0.0544. The van der Waals surface area contributed by atoms with E-state index >= 15 is 0 Å². The maximum Gasteiger partial charge on any atom is 0.236 e. The molecule has 1 aliphatic carbocycles. The minimum Gasteiger partial charge on any atom is -0.340 e. The predicted molar refractivity (Wildman–Crippen MR) is 68.9 cm³/mol. The molecule has 0 bridgehead atoms. The Balaban J connectivity index is 1.92. The van der Waals surface area contributed by atoms with Crippen LogP contribution in [0.3, 0.4) is 0 Å². The Bertz CT molecular complexity index is 428. The van der Waals surface area contributed by atoms with Gasteiger partial charge in [-0.1, -0.05) is 17.7 Å². The molecule has 1 aliphatic rings. The second-order valence-corrected chi connectivity index (χ2v) is 5.01. The topological polar surface area (TPSA) is 32.3 Å². The van der Waals surface area contributed by atoms with Gasteiger partial charge in [0, 0.05) is 30.2 Å². The molecule has 2 rings (SSSR count). The van der Waals surface area contributed by atoms with Crippen LogP contribution >= 0.6 is 11.6 Å². The Labute approximate surface area is 111 Å². The van der Waals surface area contributed by atoms with E-state index in [0.29, 0.717) is 23.2 Å². The first-order valence-electron chi connectivity index (χ1n) is 5.98. The standard InChI is InChI=1S/C13H16ClFN2O/c1-17(13(18)7-16-9-5-6-9)8-10-11(14)3-2-4-12(10)15/h2-4,9,16H,5-8H2,1H3. The number of halogens is 2. The highest BCUT2D eigenvalue weighted by molar-refractivity contribution is 6.31. The maximum absolute atomic E-state index is 13.6. The fourth-order valence-electron chi connectivity index (χ4n) is 1.66. The third-order valence-electron chi connectivity index (χ3n) is 3.00. The Morgan fingerprint density at radius 3 is 2.89 bits per heavy atom. The summed E-state index contributed by atoms with van der Waals surface area (Å²) in [5, 5.41) is 3.49. The van der Waals surface area contributed by atoms with E-state index in [1.165, 1.54) is 11.0 Å². The lowest BCUT2D eigenvalue weighted by Gasteiger charge is -2.18. The second-order valence-electron chi connectivity index (χ2n) is 4.61. The van der Waals surface area contributed by atoms with Gasteiger partial charge in [-0.3, -0.25) is 4.79 Å². The molecule has 0 spiro atoms. The first-order chi connectivity index (χ1) is 8.58. The van der Waals surface area contributed by atoms with Crippen LogP contribution in [0.4, 0.5) is 4.39 Å². The lowest BCUT2D eigenvalue weighted by molar-refractivity contribution is -0.129. The molecule has 1 N–H and O–H groups in total. The largest absolute Gasteiger partial charge is 0.340 e. The Morgan fingerprint density at radius 2 is 2.28 bits per heavy atom. The molecule has 1 saturated carbocycles. The highest BCUT2D eigenvalue weighted by Gasteiger charge is 2.22. The molecular weight excluding hydrogens is 255 g/mol. The molecule has 0 unspecified atom stereocenters. The normalized spacial score (nSPS) is 14.6. The van der Waals surface area contributed by atoms with Crippen molar-refractivity contribution in [2.45, 2.75) is 25.4 Å². The van der Waals surface area contributed by atoms with Crippen molar-refractivity contribution >= 4 is 17.5 Å². The van der Waals surface area contributed by atoms with Crippen LogP contribution in [0.15, 0.2) is 18.2 Å². The monoisotopic (exact) mass is 270 g/mol. The van der Waals surface area contributed by atoms with Gasteiger partial charge in [0.15, 0.2) is 0 Å². The van der Waals surface area contributed by atoms with Crippen LogP contribution in [0.1, 0.15) is 18.4 Å². The van der Waals surface area contributed by atoms with Gasteiger partial charge in [0.2, 0.25) is 5.91 Å². The van der Waals surface area contributed by atoms with Crippen molar-refractivity contribution in [1.82, 2.24) is 10.2 Å². The summed E-state index contributed by atoms with van der Waals surface area (Å²) < 4.78 is 13.6. The molecule has 3 nitrogen and oxygen atoms in total. The first-order valence-corrected chi connectivity index (χ1v) is 6.36. The van der Waals surface area contributed by atoms with Crippen LogP contribution in [0.25, 0.3) is 0 Å². The van der Waals surface area contributed by atoms with Crippen LogP contribution in [-0.2, 0) is 11.3 Å². The van der Waals surface area contributed by atoms with Gasteiger partial charge in [-0.15, -0.1) is 0 Å². The number of rotatable bonds is 5. The van der Waals surface area contributed by atoms with E-state index in [1.807, 2.05) is 0 Å². The quantitative estimate of drug-likeness (QED) is 0.890. The summed E-state index contributed by atoms with van der Waals surface area (Å²) in [7, 11) is 1.65. The Hall–Kier alpha value is -1.13. The number of carbonyl (C=O) groups excluding carboxylic acids is 1. The van der Waals surface area contributed by atoms with Crippen molar-refractivity contribution in [2.24, 2.45) is 0 Å². The van der Waals surface area contributed by atoms with Crippen molar-refractivity contribution in [1.29, 1.82) is 0 Å². The van der Waals surface area contributed by atoms with E-state index in [0.717, 1.165) is 12.8 Å². The summed E-state index contributed by atoms with van der Waals surface area (Å²) in [5.41, 5.74) is 0.362. The number of likely N-dealkylation sites (N-methyl/N-ethyl adjacent to an activating group) is 1. The lowest BCUT2D eigenvalue weighted by atomic mass is 10.2. The van der Waals surface area contributed by atoms with Gasteiger partial charge in [0.25, 0.3) is 0 Å². The van der Waals surface area contributed by atoms with Crippen LogP contribution in [-0.4, -0.2) is 30.4 Å². The number of amides is 1. The number of benzene rings is 1. The van der Waals surface area contributed by atoms with E-state index in [1.54, 1.807) is 19.2 Å². The third-order valence-corrected chi connectivity index (χ3v) is 3.36. The molecule has 5 heteroatoms. The van der Waals surface area contributed by atoms with Crippen LogP contribution < -0.4 is 5.32 Å². The molecule has 0 saturated heterocycles. The van der Waals surface area contributed by atoms with Gasteiger partial charge < -0.3 is 10.2 Å². The van der Waals surface area contributed by atoms with E-state index in [9.17, 15) is 9.18 Å². The summed E-state index contributed by atoms with van der Waals surface area (Å²) in [6.45, 7) is 0.490. The molecule has 98 valence electrons. The van der Waals surface area contributed by atoms with Crippen LogP contribution in [0.2, 0.25) is 5.02 Å². The van der Waals surface area contributed by atoms with Gasteiger partial charge in [-0.2, -0.15) is 0 Å². The average molecular weight is 271 g/mol. The first kappa shape index (κ1) is 13.3. The number of carbonyl (C=O) groups is 1. The summed E-state index contributed by atoms with van der Waals surface area (Å²) in [5.74, 6) is -0.432. The number of hydrogen-bond acceptors (Lipinski definition) is 2. The smallest absolute Gasteiger partial charge is 0.236 e. The molecule has 0 aromatic heterocycles. The van der Waals surface area contributed by atoms with Crippen molar-refractivity contribution in [2.75, 3.05) is 13.6 Å². The molecule has 0 heterocycles. The van der Waals surface area contributed by atoms with Crippen molar-refractivity contribution in [3.05, 3.63) is 34.6 Å². The zero-order valence-electron chi connectivity index (χ0n) is 10.2. The van der Waals surface area contributed by atoms with Gasteiger partial charge in [-0.25, -0.2) is 4.39 Å². The number of nitrogens with one attached hydrogen (secondary N) is 1. The molecule has 1 amide bonds. The average Bonchev–Trinajstić information content (AvgIpc) is 3.14. The molecule has 1 fully saturated rings. The van der Waals surface area contributed by atoms with Crippen molar-refractivity contribution < 1.29 is 9.18 Å². The predicted octanol–water partition coefficient (Wildman–Crippen LogP) is 2.19. The highest BCUT2D eigenvalue weighted by atomic mass is 35.5. The van der Waals surface area contributed by atoms with Gasteiger partial charge in [-0.05, 0) is 25.0 Å². The summed E-state index contributed by atoms with van der Waals surface area (Å²) >= 11 is 5.92. The Morgan fingerprint density at radius 1 is 1.56 bits per heavy atom. The summed E-state index contributed by atoms with van der Waals surface area (Å²) in [4.78, 5) is 13.3. The van der Waals surface area contributed by atoms with Crippen molar-refractivity contribution in [3.8, 4) is 0 Å². The zero-order valence-corrected chi connectivity index (χ0v) is 11.0. The fraction of sp³-hybridized carbons (Fsp3) is 0.462. The lowest BCUT2D eigenvalue weighted by Crippen LogP contribution is -2.36. The zero-order chi connectivity index (χ0) is 13.1. The van der Waals surface area contributed by atoms with E-state index in [2.05, 4.69) is 5.32 Å². The molecule has 0 radical (unpaired) electrons. The van der Waals surface area contributed by atoms with E-state index in [-0.39, 0.29) is 18.3 Å². The maximum atomic E-state index is 13.6. The SMILES string of the molecule is CN(Cc1c(F)cccc1Cl)C(=O)CNC1CC1. The fourth-order valence-corrected chi connectivity index (χ4v) is 1.89. The molecular formula is C13H16ClFN2O. The molecule has 1 aromatic carbocycles. The molecule has 0 atom stereocenters. The van der Waals surface area contributed by atoms with Gasteiger partial charge in [0.1, 0.15) is 5.82 Å². The van der Waals surface area contributed by atoms with E-state index in [4.69, 9.17) is 11.6 Å². The molecule has 0 aliphatic heterocycles. The van der Waals surface area contributed by atoms with Gasteiger partial charge in [0.05, 0.1) is 6.54 Å². The third kappa shape index (κ3) is 3.43. The second kappa shape index (κ2) is 5.67. The highest BCUT2D eigenvalue weighted by Crippen LogP contribution is 2.21. The molecule has 1 aromatic rings. The Kier molecular flexibility index (Phi) is 4.19. The number of hydrogen-bond donors (Lipinski definition) is 1.